The molecule has 0 unspecified atom stereocenters. The first-order valence-electron chi connectivity index (χ1n) is 3.28. The van der Waals surface area contributed by atoms with Crippen molar-refractivity contribution in [2.75, 3.05) is 0 Å². The molecule has 0 bridgehead atoms. The van der Waals surface area contributed by atoms with Crippen LogP contribution in [0.25, 0.3) is 0 Å². The van der Waals surface area contributed by atoms with Crippen LogP contribution in [0, 0.1) is 0 Å². The minimum absolute atomic E-state index is 0.295. The van der Waals surface area contributed by atoms with E-state index in [1.54, 1.807) is 0 Å². The number of rotatable bonds is 1. The predicted octanol–water partition coefficient (Wildman–Crippen LogP) is 1.14. The molecule has 1 aliphatic rings. The van der Waals surface area contributed by atoms with E-state index in [0.29, 0.717) is 0 Å². The molecule has 0 saturated heterocycles. The summed E-state index contributed by atoms with van der Waals surface area (Å²) in [7, 11) is 0. The third-order valence-corrected chi connectivity index (χ3v) is 1.84. The zero-order valence-electron chi connectivity index (χ0n) is 6.27. The van der Waals surface area contributed by atoms with Gasteiger partial charge in [0.1, 0.15) is 0 Å². The molecule has 0 aromatic rings. The van der Waals surface area contributed by atoms with Crippen LogP contribution in [0.4, 0.5) is 0 Å². The Labute approximate surface area is 60.4 Å². The summed E-state index contributed by atoms with van der Waals surface area (Å²) in [5, 5.41) is 0. The van der Waals surface area contributed by atoms with E-state index in [9.17, 15) is 4.79 Å². The third kappa shape index (κ3) is 1.10. The average Bonchev–Trinajstić information content (AvgIpc) is 2.13. The van der Waals surface area contributed by atoms with Crippen LogP contribution in [-0.4, -0.2) is 5.91 Å². The monoisotopic (exact) mass is 137 g/mol. The molecule has 54 valence electrons. The summed E-state index contributed by atoms with van der Waals surface area (Å²) in [4.78, 5) is 10.6. The summed E-state index contributed by atoms with van der Waals surface area (Å²) < 4.78 is 0. The maximum atomic E-state index is 10.6. The molecule has 2 nitrogen and oxygen atoms in total. The van der Waals surface area contributed by atoms with E-state index in [2.05, 4.69) is 0 Å². The van der Waals surface area contributed by atoms with E-state index in [0.717, 1.165) is 12.0 Å². The molecule has 1 rings (SSSR count). The third-order valence-electron chi connectivity index (χ3n) is 1.84. The average molecular weight is 137 g/mol. The van der Waals surface area contributed by atoms with Gasteiger partial charge in [0.05, 0.1) is 0 Å². The lowest BCUT2D eigenvalue weighted by Crippen LogP contribution is -2.12. The zero-order valence-corrected chi connectivity index (χ0v) is 6.27. The highest BCUT2D eigenvalue weighted by atomic mass is 16.1. The Morgan fingerprint density at radius 1 is 1.60 bits per heavy atom. The molecule has 1 amide bonds. The Bertz CT molecular complexity index is 236. The van der Waals surface area contributed by atoms with Crippen molar-refractivity contribution >= 4 is 5.91 Å². The quantitative estimate of drug-likeness (QED) is 0.578. The molecule has 0 aromatic carbocycles. The SMILES string of the molecule is CC1=C(C)CC(C(N)=O)=C1. The van der Waals surface area contributed by atoms with Gasteiger partial charge in [-0.15, -0.1) is 0 Å². The van der Waals surface area contributed by atoms with Gasteiger partial charge in [-0.3, -0.25) is 4.79 Å². The van der Waals surface area contributed by atoms with Crippen LogP contribution in [0.3, 0.4) is 0 Å². The first-order chi connectivity index (χ1) is 4.61. The summed E-state index contributed by atoms with van der Waals surface area (Å²) in [5.41, 5.74) is 8.24. The van der Waals surface area contributed by atoms with Crippen molar-refractivity contribution in [1.82, 2.24) is 0 Å². The number of carbonyl (C=O) groups is 1. The Kier molecular flexibility index (Phi) is 1.62. The molecule has 0 aromatic heterocycles. The minimum Gasteiger partial charge on any atom is -0.366 e. The molecule has 0 spiro atoms. The van der Waals surface area contributed by atoms with E-state index >= 15 is 0 Å². The molecule has 10 heavy (non-hydrogen) atoms. The molecule has 2 N–H and O–H groups in total. The molecule has 2 heteroatoms. The van der Waals surface area contributed by atoms with E-state index in [1.165, 1.54) is 11.1 Å². The van der Waals surface area contributed by atoms with Gasteiger partial charge in [0.25, 0.3) is 0 Å². The van der Waals surface area contributed by atoms with Gasteiger partial charge in [0.2, 0.25) is 5.91 Å². The van der Waals surface area contributed by atoms with Crippen LogP contribution in [0.15, 0.2) is 22.8 Å². The Hall–Kier alpha value is -1.05. The fraction of sp³-hybridized carbons (Fsp3) is 0.375. The molecule has 0 atom stereocenters. The van der Waals surface area contributed by atoms with Crippen LogP contribution >= 0.6 is 0 Å². The molecular weight excluding hydrogens is 126 g/mol. The van der Waals surface area contributed by atoms with Crippen LogP contribution in [0.1, 0.15) is 20.3 Å². The fourth-order valence-electron chi connectivity index (χ4n) is 1.02. The summed E-state index contributed by atoms with van der Waals surface area (Å²) in [5.74, 6) is -0.295. The van der Waals surface area contributed by atoms with E-state index in [4.69, 9.17) is 5.73 Å². The number of carbonyl (C=O) groups excluding carboxylic acids is 1. The van der Waals surface area contributed by atoms with Crippen molar-refractivity contribution in [3.63, 3.8) is 0 Å². The van der Waals surface area contributed by atoms with Gasteiger partial charge in [-0.25, -0.2) is 0 Å². The molecule has 0 heterocycles. The second kappa shape index (κ2) is 2.29. The maximum absolute atomic E-state index is 10.6. The highest BCUT2D eigenvalue weighted by Gasteiger charge is 2.12. The van der Waals surface area contributed by atoms with Gasteiger partial charge in [-0.2, -0.15) is 0 Å². The highest BCUT2D eigenvalue weighted by Crippen LogP contribution is 2.23. The standard InChI is InChI=1S/C8H11NO/c1-5-3-7(8(9)10)4-6(5)2/h3H,4H2,1-2H3,(H2,9,10). The first kappa shape index (κ1) is 7.06. The van der Waals surface area contributed by atoms with Gasteiger partial charge in [-0.05, 0) is 20.3 Å². The Balaban J connectivity index is 2.79. The predicted molar refractivity (Wildman–Crippen MR) is 40.3 cm³/mol. The zero-order chi connectivity index (χ0) is 7.72. The Morgan fingerprint density at radius 2 is 2.20 bits per heavy atom. The first-order valence-corrected chi connectivity index (χ1v) is 3.28. The smallest absolute Gasteiger partial charge is 0.244 e. The maximum Gasteiger partial charge on any atom is 0.244 e. The van der Waals surface area contributed by atoms with Crippen molar-refractivity contribution in [2.24, 2.45) is 5.73 Å². The van der Waals surface area contributed by atoms with Crippen molar-refractivity contribution < 1.29 is 4.79 Å². The van der Waals surface area contributed by atoms with Crippen molar-refractivity contribution in [1.29, 1.82) is 0 Å². The van der Waals surface area contributed by atoms with Crippen molar-refractivity contribution in [3.05, 3.63) is 22.8 Å². The minimum atomic E-state index is -0.295. The van der Waals surface area contributed by atoms with Gasteiger partial charge in [-0.1, -0.05) is 17.2 Å². The fourth-order valence-corrected chi connectivity index (χ4v) is 1.02. The molecule has 0 aliphatic heterocycles. The molecule has 0 fully saturated rings. The van der Waals surface area contributed by atoms with E-state index in [-0.39, 0.29) is 5.91 Å². The van der Waals surface area contributed by atoms with Crippen LogP contribution in [0.5, 0.6) is 0 Å². The van der Waals surface area contributed by atoms with Gasteiger partial charge in [0.15, 0.2) is 0 Å². The van der Waals surface area contributed by atoms with Gasteiger partial charge in [0, 0.05) is 5.57 Å². The normalized spacial score (nSPS) is 17.6. The van der Waals surface area contributed by atoms with Gasteiger partial charge >= 0.3 is 0 Å². The molecular formula is C8H11NO. The second-order valence-electron chi connectivity index (χ2n) is 2.67. The largest absolute Gasteiger partial charge is 0.366 e. The topological polar surface area (TPSA) is 43.1 Å². The summed E-state index contributed by atoms with van der Waals surface area (Å²) in [6.07, 6.45) is 2.60. The number of nitrogens with two attached hydrogens (primary N) is 1. The lowest BCUT2D eigenvalue weighted by atomic mass is 10.1. The van der Waals surface area contributed by atoms with E-state index in [1.807, 2.05) is 19.9 Å². The number of amides is 1. The highest BCUT2D eigenvalue weighted by molar-refractivity contribution is 5.93. The van der Waals surface area contributed by atoms with E-state index < -0.39 is 0 Å². The number of hydrogen-bond acceptors (Lipinski definition) is 1. The molecule has 0 radical (unpaired) electrons. The Morgan fingerprint density at radius 3 is 2.40 bits per heavy atom. The van der Waals surface area contributed by atoms with Crippen LogP contribution in [0.2, 0.25) is 0 Å². The number of primary amides is 1. The summed E-state index contributed by atoms with van der Waals surface area (Å²) in [6, 6.07) is 0. The summed E-state index contributed by atoms with van der Waals surface area (Å²) >= 11 is 0. The van der Waals surface area contributed by atoms with Crippen molar-refractivity contribution in [2.45, 2.75) is 20.3 Å². The lowest BCUT2D eigenvalue weighted by Gasteiger charge is -1.93. The van der Waals surface area contributed by atoms with Crippen LogP contribution in [-0.2, 0) is 4.79 Å². The molecule has 1 aliphatic carbocycles. The lowest BCUT2D eigenvalue weighted by molar-refractivity contribution is -0.114. The van der Waals surface area contributed by atoms with Crippen molar-refractivity contribution in [3.8, 4) is 0 Å². The van der Waals surface area contributed by atoms with Crippen LogP contribution < -0.4 is 5.73 Å². The second-order valence-corrected chi connectivity index (χ2v) is 2.67. The van der Waals surface area contributed by atoms with Gasteiger partial charge < -0.3 is 5.73 Å². The number of allylic oxidation sites excluding steroid dienone is 3. The molecule has 0 saturated carbocycles. The number of hydrogen-bond donors (Lipinski definition) is 1. The summed E-state index contributed by atoms with van der Waals surface area (Å²) in [6.45, 7) is 4.01.